The summed E-state index contributed by atoms with van der Waals surface area (Å²) >= 11 is 7.83. The third-order valence-electron chi connectivity index (χ3n) is 7.82. The second-order valence-electron chi connectivity index (χ2n) is 10.2. The van der Waals surface area contributed by atoms with Gasteiger partial charge in [0.25, 0.3) is 0 Å². The lowest BCUT2D eigenvalue weighted by Crippen LogP contribution is -2.18. The Labute approximate surface area is 240 Å². The predicted molar refractivity (Wildman–Crippen MR) is 167 cm³/mol. The van der Waals surface area contributed by atoms with Crippen LogP contribution in [-0.2, 0) is 0 Å². The summed E-state index contributed by atoms with van der Waals surface area (Å²) < 4.78 is 7.25. The molecule has 194 valence electrons. The molecule has 0 fully saturated rings. The molecule has 0 bridgehead atoms. The minimum absolute atomic E-state index is 0.0661. The van der Waals surface area contributed by atoms with Gasteiger partial charge < -0.3 is 9.13 Å². The van der Waals surface area contributed by atoms with E-state index in [0.717, 1.165) is 32.8 Å². The molecule has 0 aliphatic rings. The maximum absolute atomic E-state index is 4.58. The number of unbranched alkanes of at least 4 members (excludes halogenated alkanes) is 6. The molecule has 6 heteroatoms. The van der Waals surface area contributed by atoms with E-state index in [-0.39, 0.29) is 6.17 Å². The van der Waals surface area contributed by atoms with Gasteiger partial charge in [-0.3, -0.25) is 9.97 Å². The second kappa shape index (κ2) is 11.2. The van der Waals surface area contributed by atoms with Gasteiger partial charge in [-0.25, -0.2) is 0 Å². The van der Waals surface area contributed by atoms with Crippen LogP contribution in [0.15, 0.2) is 82.3 Å². The van der Waals surface area contributed by atoms with Crippen LogP contribution in [-0.4, -0.2) is 19.1 Å². The van der Waals surface area contributed by atoms with E-state index < -0.39 is 0 Å². The molecular formula is C32H32Br2N4. The van der Waals surface area contributed by atoms with Crippen LogP contribution >= 0.6 is 31.9 Å². The molecule has 38 heavy (non-hydrogen) atoms. The van der Waals surface area contributed by atoms with Crippen LogP contribution in [0.25, 0.3) is 43.6 Å². The van der Waals surface area contributed by atoms with Crippen LogP contribution in [0.2, 0.25) is 0 Å². The lowest BCUT2D eigenvalue weighted by molar-refractivity contribution is 0.417. The molecule has 0 aliphatic carbocycles. The molecule has 0 spiro atoms. The Kier molecular flexibility index (Phi) is 7.53. The summed E-state index contributed by atoms with van der Waals surface area (Å²) in [6, 6.07) is 17.3. The minimum Gasteiger partial charge on any atom is -0.316 e. The van der Waals surface area contributed by atoms with E-state index in [1.54, 1.807) is 0 Å². The summed E-state index contributed by atoms with van der Waals surface area (Å²) in [5.41, 5.74) is 4.75. The zero-order chi connectivity index (χ0) is 26.1. The molecule has 0 aliphatic heterocycles. The fourth-order valence-corrected chi connectivity index (χ4v) is 7.20. The van der Waals surface area contributed by atoms with Crippen molar-refractivity contribution < 1.29 is 0 Å². The quantitative estimate of drug-likeness (QED) is 0.141. The largest absolute Gasteiger partial charge is 0.316 e. The normalized spacial score (nSPS) is 12.1. The molecule has 0 saturated heterocycles. The zero-order valence-electron chi connectivity index (χ0n) is 21.7. The Morgan fingerprint density at radius 1 is 0.632 bits per heavy atom. The molecule has 0 N–H and O–H groups in total. The molecule has 4 heterocycles. The van der Waals surface area contributed by atoms with Crippen LogP contribution in [0.5, 0.6) is 0 Å². The second-order valence-corrected chi connectivity index (χ2v) is 11.9. The maximum Gasteiger partial charge on any atom is 0.111 e. The van der Waals surface area contributed by atoms with Crippen molar-refractivity contribution in [3.63, 3.8) is 0 Å². The molecule has 0 amide bonds. The number of hydrogen-bond acceptors (Lipinski definition) is 2. The van der Waals surface area contributed by atoms with Crippen molar-refractivity contribution in [2.24, 2.45) is 0 Å². The molecule has 4 nitrogen and oxygen atoms in total. The predicted octanol–water partition coefficient (Wildman–Crippen LogP) is 10.4. The van der Waals surface area contributed by atoms with Crippen molar-refractivity contribution >= 4 is 75.5 Å². The number of aromatic nitrogens is 4. The lowest BCUT2D eigenvalue weighted by Gasteiger charge is -2.26. The van der Waals surface area contributed by atoms with E-state index in [9.17, 15) is 0 Å². The standard InChI is InChI=1S/C32H32Br2N4/c1-2-3-4-5-6-7-8-15-30(37-28-20-35-18-16-22(28)24-11-9-13-26(33)31(24)37)38-29-21-36-19-17-23(29)25-12-10-14-27(34)32(25)38/h9-14,16-21,30H,2-8,15H2,1H3. The highest BCUT2D eigenvalue weighted by Gasteiger charge is 2.25. The van der Waals surface area contributed by atoms with Gasteiger partial charge in [-0.2, -0.15) is 0 Å². The summed E-state index contributed by atoms with van der Waals surface area (Å²) in [4.78, 5) is 9.15. The average Bonchev–Trinajstić information content (AvgIpc) is 3.46. The summed E-state index contributed by atoms with van der Waals surface area (Å²) in [5, 5.41) is 4.97. The number of rotatable bonds is 10. The fraction of sp³-hybridized carbons (Fsp3) is 0.312. The molecule has 0 radical (unpaired) electrons. The van der Waals surface area contributed by atoms with Crippen molar-refractivity contribution in [1.29, 1.82) is 0 Å². The first-order valence-electron chi connectivity index (χ1n) is 13.7. The van der Waals surface area contributed by atoms with Gasteiger partial charge in [0.2, 0.25) is 0 Å². The molecule has 2 aromatic carbocycles. The first-order chi connectivity index (χ1) is 18.7. The number of hydrogen-bond donors (Lipinski definition) is 0. The van der Waals surface area contributed by atoms with Gasteiger partial charge >= 0.3 is 0 Å². The van der Waals surface area contributed by atoms with Crippen LogP contribution in [0.4, 0.5) is 0 Å². The molecular weight excluding hydrogens is 600 g/mol. The van der Waals surface area contributed by atoms with Crippen LogP contribution in [0, 0.1) is 0 Å². The van der Waals surface area contributed by atoms with Gasteiger partial charge in [0.15, 0.2) is 0 Å². The molecule has 0 atom stereocenters. The van der Waals surface area contributed by atoms with Crippen molar-refractivity contribution in [1.82, 2.24) is 19.1 Å². The molecule has 4 aromatic heterocycles. The van der Waals surface area contributed by atoms with E-state index in [2.05, 4.69) is 106 Å². The minimum atomic E-state index is 0.0661. The van der Waals surface area contributed by atoms with Crippen LogP contribution < -0.4 is 0 Å². The Bertz CT molecular complexity index is 1610. The van der Waals surface area contributed by atoms with Gasteiger partial charge in [-0.1, -0.05) is 69.7 Å². The highest BCUT2D eigenvalue weighted by atomic mass is 79.9. The smallest absolute Gasteiger partial charge is 0.111 e. The zero-order valence-corrected chi connectivity index (χ0v) is 24.9. The third-order valence-corrected chi connectivity index (χ3v) is 9.10. The Morgan fingerprint density at radius 3 is 1.66 bits per heavy atom. The number of halogens is 2. The van der Waals surface area contributed by atoms with Gasteiger partial charge in [0.05, 0.1) is 34.5 Å². The number of para-hydroxylation sites is 2. The number of benzene rings is 2. The van der Waals surface area contributed by atoms with E-state index in [0.29, 0.717) is 0 Å². The number of pyridine rings is 2. The molecule has 0 unspecified atom stereocenters. The van der Waals surface area contributed by atoms with E-state index in [1.165, 1.54) is 71.1 Å². The van der Waals surface area contributed by atoms with E-state index in [4.69, 9.17) is 0 Å². The highest BCUT2D eigenvalue weighted by molar-refractivity contribution is 9.11. The Balaban J connectivity index is 1.57. The van der Waals surface area contributed by atoms with Crippen LogP contribution in [0.3, 0.4) is 0 Å². The number of fused-ring (bicyclic) bond motifs is 6. The first kappa shape index (κ1) is 25.6. The third kappa shape index (κ3) is 4.46. The van der Waals surface area contributed by atoms with Crippen molar-refractivity contribution in [3.8, 4) is 0 Å². The molecule has 6 aromatic rings. The van der Waals surface area contributed by atoms with Gasteiger partial charge in [0.1, 0.15) is 6.17 Å². The summed E-state index contributed by atoms with van der Waals surface area (Å²) in [6.45, 7) is 2.28. The highest BCUT2D eigenvalue weighted by Crippen LogP contribution is 2.42. The average molecular weight is 632 g/mol. The van der Waals surface area contributed by atoms with E-state index >= 15 is 0 Å². The van der Waals surface area contributed by atoms with Gasteiger partial charge in [0, 0.05) is 42.9 Å². The fourth-order valence-electron chi connectivity index (χ4n) is 6.08. The van der Waals surface area contributed by atoms with Crippen molar-refractivity contribution in [3.05, 3.63) is 82.3 Å². The van der Waals surface area contributed by atoms with Crippen LogP contribution in [0.1, 0.15) is 64.5 Å². The SMILES string of the molecule is CCCCCCCCCC(n1c2cnccc2c2cccc(Br)c21)n1c2cnccc2c2cccc(Br)c21. The van der Waals surface area contributed by atoms with Crippen molar-refractivity contribution in [2.75, 3.05) is 0 Å². The van der Waals surface area contributed by atoms with E-state index in [1.807, 2.05) is 24.8 Å². The summed E-state index contributed by atoms with van der Waals surface area (Å²) in [5.74, 6) is 0. The summed E-state index contributed by atoms with van der Waals surface area (Å²) in [7, 11) is 0. The Hall–Kier alpha value is -2.70. The lowest BCUT2D eigenvalue weighted by atomic mass is 10.1. The Morgan fingerprint density at radius 2 is 1.13 bits per heavy atom. The van der Waals surface area contributed by atoms with Gasteiger partial charge in [-0.05, 0) is 69.0 Å². The topological polar surface area (TPSA) is 35.6 Å². The summed E-state index contributed by atoms with van der Waals surface area (Å²) in [6.07, 6.45) is 18.0. The monoisotopic (exact) mass is 630 g/mol. The molecule has 0 saturated carbocycles. The first-order valence-corrected chi connectivity index (χ1v) is 15.3. The van der Waals surface area contributed by atoms with Gasteiger partial charge in [-0.15, -0.1) is 0 Å². The molecule has 6 rings (SSSR count). The van der Waals surface area contributed by atoms with Crippen molar-refractivity contribution in [2.45, 2.75) is 64.5 Å². The maximum atomic E-state index is 4.58. The number of nitrogens with zero attached hydrogens (tertiary/aromatic N) is 4.